The van der Waals surface area contributed by atoms with Gasteiger partial charge in [0, 0.05) is 6.20 Å². The number of hydrogen-bond acceptors (Lipinski definition) is 5. The van der Waals surface area contributed by atoms with Crippen LogP contribution >= 0.6 is 0 Å². The number of carboxylic acid groups (broad SMARTS) is 1. The predicted octanol–water partition coefficient (Wildman–Crippen LogP) is 0.731. The van der Waals surface area contributed by atoms with Crippen molar-refractivity contribution in [2.45, 2.75) is 31.2 Å². The summed E-state index contributed by atoms with van der Waals surface area (Å²) in [5.74, 6) is -1.64. The molecular weight excluding hydrogens is 282 g/mol. The fourth-order valence-electron chi connectivity index (χ4n) is 1.57. The molecule has 1 rings (SSSR count). The standard InChI is InChI=1S/C12H15N3O4S/c1-3-8(2)11(12(16)17)15-20(18,19)10-5-4-6-14-9(10)7-13/h4-6,8,11,15H,3H2,1-2H3,(H,16,17)/t8-,11-/m0/s1. The van der Waals surface area contributed by atoms with Gasteiger partial charge in [-0.3, -0.25) is 4.79 Å². The Hall–Kier alpha value is -1.98. The first-order valence-corrected chi connectivity index (χ1v) is 7.42. The Morgan fingerprint density at radius 1 is 1.60 bits per heavy atom. The zero-order valence-electron chi connectivity index (χ0n) is 11.1. The van der Waals surface area contributed by atoms with Gasteiger partial charge < -0.3 is 5.11 Å². The highest BCUT2D eigenvalue weighted by Gasteiger charge is 2.30. The molecule has 1 heterocycles. The molecule has 0 unspecified atom stereocenters. The Morgan fingerprint density at radius 3 is 2.75 bits per heavy atom. The molecule has 0 bridgehead atoms. The number of aromatic nitrogens is 1. The van der Waals surface area contributed by atoms with Crippen LogP contribution in [0.5, 0.6) is 0 Å². The molecule has 0 saturated carbocycles. The highest BCUT2D eigenvalue weighted by molar-refractivity contribution is 7.89. The lowest BCUT2D eigenvalue weighted by Crippen LogP contribution is -2.45. The number of aliphatic carboxylic acids is 1. The van der Waals surface area contributed by atoms with Crippen LogP contribution in [0.15, 0.2) is 23.2 Å². The van der Waals surface area contributed by atoms with Gasteiger partial charge in [0.05, 0.1) is 0 Å². The fourth-order valence-corrected chi connectivity index (χ4v) is 2.97. The Labute approximate surface area is 117 Å². The van der Waals surface area contributed by atoms with Crippen LogP contribution in [0.3, 0.4) is 0 Å². The highest BCUT2D eigenvalue weighted by Crippen LogP contribution is 2.15. The largest absolute Gasteiger partial charge is 0.480 e. The average Bonchev–Trinajstić information content (AvgIpc) is 2.43. The Kier molecular flexibility index (Phi) is 5.19. The molecule has 1 aromatic heterocycles. The summed E-state index contributed by atoms with van der Waals surface area (Å²) in [4.78, 5) is 14.5. The molecule has 0 aromatic carbocycles. The fraction of sp³-hybridized carbons (Fsp3) is 0.417. The summed E-state index contributed by atoms with van der Waals surface area (Å²) in [6.45, 7) is 3.40. The first-order valence-electron chi connectivity index (χ1n) is 5.93. The summed E-state index contributed by atoms with van der Waals surface area (Å²) >= 11 is 0. The van der Waals surface area contributed by atoms with Crippen LogP contribution in [0.1, 0.15) is 26.0 Å². The van der Waals surface area contributed by atoms with E-state index in [1.807, 2.05) is 0 Å². The molecule has 7 nitrogen and oxygen atoms in total. The van der Waals surface area contributed by atoms with Crippen LogP contribution < -0.4 is 4.72 Å². The van der Waals surface area contributed by atoms with Crippen molar-refractivity contribution in [3.05, 3.63) is 24.0 Å². The van der Waals surface area contributed by atoms with Crippen LogP contribution in [-0.2, 0) is 14.8 Å². The number of nitrogens with zero attached hydrogens (tertiary/aromatic N) is 2. The van der Waals surface area contributed by atoms with Gasteiger partial charge in [0.1, 0.15) is 17.0 Å². The minimum Gasteiger partial charge on any atom is -0.480 e. The molecule has 0 fully saturated rings. The maximum Gasteiger partial charge on any atom is 0.322 e. The van der Waals surface area contributed by atoms with Gasteiger partial charge in [0.25, 0.3) is 0 Å². The Balaban J connectivity index is 3.17. The van der Waals surface area contributed by atoms with Crippen molar-refractivity contribution >= 4 is 16.0 Å². The summed E-state index contributed by atoms with van der Waals surface area (Å²) in [6.07, 6.45) is 1.79. The second-order valence-corrected chi connectivity index (χ2v) is 5.97. The monoisotopic (exact) mass is 297 g/mol. The van der Waals surface area contributed by atoms with E-state index in [9.17, 15) is 13.2 Å². The van der Waals surface area contributed by atoms with Crippen LogP contribution in [0.2, 0.25) is 0 Å². The van der Waals surface area contributed by atoms with Crippen molar-refractivity contribution in [3.8, 4) is 6.07 Å². The van der Waals surface area contributed by atoms with Gasteiger partial charge in [0.2, 0.25) is 10.0 Å². The van der Waals surface area contributed by atoms with Crippen LogP contribution in [0.4, 0.5) is 0 Å². The number of carboxylic acids is 1. The van der Waals surface area contributed by atoms with Gasteiger partial charge in [-0.1, -0.05) is 20.3 Å². The third-order valence-corrected chi connectivity index (χ3v) is 4.40. The van der Waals surface area contributed by atoms with Gasteiger partial charge in [0.15, 0.2) is 5.69 Å². The molecule has 0 aliphatic rings. The number of pyridine rings is 1. The van der Waals surface area contributed by atoms with E-state index >= 15 is 0 Å². The molecule has 8 heteroatoms. The first-order chi connectivity index (χ1) is 9.33. The summed E-state index contributed by atoms with van der Waals surface area (Å²) < 4.78 is 26.5. The molecular formula is C12H15N3O4S. The topological polar surface area (TPSA) is 120 Å². The molecule has 2 N–H and O–H groups in total. The maximum atomic E-state index is 12.2. The Bertz CT molecular complexity index is 636. The number of nitriles is 1. The van der Waals surface area contributed by atoms with Crippen LogP contribution in [0, 0.1) is 17.2 Å². The molecule has 0 saturated heterocycles. The van der Waals surface area contributed by atoms with Crippen molar-refractivity contribution in [2.24, 2.45) is 5.92 Å². The molecule has 0 amide bonds. The molecule has 20 heavy (non-hydrogen) atoms. The molecule has 0 aliphatic carbocycles. The number of sulfonamides is 1. The molecule has 0 spiro atoms. The number of carbonyl (C=O) groups is 1. The minimum absolute atomic E-state index is 0.270. The van der Waals surface area contributed by atoms with Crippen LogP contribution in [0.25, 0.3) is 0 Å². The molecule has 2 atom stereocenters. The van der Waals surface area contributed by atoms with Crippen molar-refractivity contribution in [1.82, 2.24) is 9.71 Å². The van der Waals surface area contributed by atoms with Gasteiger partial charge in [-0.25, -0.2) is 13.4 Å². The van der Waals surface area contributed by atoms with Crippen molar-refractivity contribution in [3.63, 3.8) is 0 Å². The zero-order valence-corrected chi connectivity index (χ0v) is 11.9. The van der Waals surface area contributed by atoms with Gasteiger partial charge in [-0.05, 0) is 18.1 Å². The lowest BCUT2D eigenvalue weighted by molar-refractivity contribution is -0.140. The Morgan fingerprint density at radius 2 is 2.25 bits per heavy atom. The number of nitrogens with one attached hydrogen (secondary N) is 1. The smallest absolute Gasteiger partial charge is 0.322 e. The summed E-state index contributed by atoms with van der Waals surface area (Å²) in [5.41, 5.74) is -0.270. The van der Waals surface area contributed by atoms with Gasteiger partial charge >= 0.3 is 5.97 Å². The summed E-state index contributed by atoms with van der Waals surface area (Å²) in [5, 5.41) is 18.0. The van der Waals surface area contributed by atoms with Gasteiger partial charge in [-0.15, -0.1) is 0 Å². The summed E-state index contributed by atoms with van der Waals surface area (Å²) in [6, 6.07) is 3.00. The second kappa shape index (κ2) is 6.45. The predicted molar refractivity (Wildman–Crippen MR) is 70.2 cm³/mol. The van der Waals surface area contributed by atoms with Crippen LogP contribution in [-0.4, -0.2) is 30.5 Å². The SMILES string of the molecule is CC[C@H](C)[C@H](NS(=O)(=O)c1cccnc1C#N)C(=O)O. The van der Waals surface area contributed by atoms with E-state index in [1.54, 1.807) is 19.9 Å². The molecule has 0 aliphatic heterocycles. The van der Waals surface area contributed by atoms with E-state index in [-0.39, 0.29) is 16.5 Å². The van der Waals surface area contributed by atoms with E-state index in [0.29, 0.717) is 6.42 Å². The number of rotatable bonds is 6. The van der Waals surface area contributed by atoms with Gasteiger partial charge in [-0.2, -0.15) is 9.98 Å². The maximum absolute atomic E-state index is 12.2. The first kappa shape index (κ1) is 16.1. The van der Waals surface area contributed by atoms with Crippen molar-refractivity contribution < 1.29 is 18.3 Å². The lowest BCUT2D eigenvalue weighted by atomic mass is 10.0. The second-order valence-electron chi connectivity index (χ2n) is 4.28. The van der Waals surface area contributed by atoms with Crippen molar-refractivity contribution in [1.29, 1.82) is 5.26 Å². The van der Waals surface area contributed by atoms with E-state index in [0.717, 1.165) is 0 Å². The van der Waals surface area contributed by atoms with Crippen molar-refractivity contribution in [2.75, 3.05) is 0 Å². The third kappa shape index (κ3) is 3.53. The quantitative estimate of drug-likeness (QED) is 0.798. The van der Waals surface area contributed by atoms with E-state index in [4.69, 9.17) is 10.4 Å². The van der Waals surface area contributed by atoms with E-state index in [2.05, 4.69) is 9.71 Å². The summed E-state index contributed by atoms with van der Waals surface area (Å²) in [7, 11) is -4.12. The lowest BCUT2D eigenvalue weighted by Gasteiger charge is -2.20. The van der Waals surface area contributed by atoms with E-state index in [1.165, 1.54) is 18.3 Å². The molecule has 108 valence electrons. The average molecular weight is 297 g/mol. The van der Waals surface area contributed by atoms with E-state index < -0.39 is 22.0 Å². The zero-order chi connectivity index (χ0) is 15.3. The third-order valence-electron chi connectivity index (χ3n) is 2.93. The normalized spacial score (nSPS) is 14.2. The highest BCUT2D eigenvalue weighted by atomic mass is 32.2. The minimum atomic E-state index is -4.12. The molecule has 0 radical (unpaired) electrons. The number of hydrogen-bond donors (Lipinski definition) is 2. The molecule has 1 aromatic rings.